The number of hydrogen-bond acceptors (Lipinski definition) is 3. The van der Waals surface area contributed by atoms with Crippen molar-refractivity contribution in [3.8, 4) is 0 Å². The Morgan fingerprint density at radius 2 is 1.61 bits per heavy atom. The largest absolute Gasteiger partial charge is 0.339 e. The number of aryl methyl sites for hydroxylation is 1. The molecule has 5 heteroatoms. The SMILES string of the molecule is Cc1ccc(C(=O)N2CCN(C(=O)C(C)C3CNC3)CC2)cc1. The number of carbonyl (C=O) groups is 2. The average Bonchev–Trinajstić information content (AvgIpc) is 2.53. The van der Waals surface area contributed by atoms with Crippen molar-refractivity contribution in [2.75, 3.05) is 39.3 Å². The Balaban J connectivity index is 1.54. The highest BCUT2D eigenvalue weighted by Crippen LogP contribution is 2.19. The summed E-state index contributed by atoms with van der Waals surface area (Å²) in [5, 5.41) is 3.22. The molecule has 5 nitrogen and oxygen atoms in total. The molecule has 1 aromatic rings. The highest BCUT2D eigenvalue weighted by molar-refractivity contribution is 5.94. The van der Waals surface area contributed by atoms with Crippen LogP contribution in [0.25, 0.3) is 0 Å². The maximum atomic E-state index is 12.5. The third kappa shape index (κ3) is 3.39. The van der Waals surface area contributed by atoms with Gasteiger partial charge in [0.15, 0.2) is 0 Å². The van der Waals surface area contributed by atoms with Crippen LogP contribution in [-0.2, 0) is 4.79 Å². The van der Waals surface area contributed by atoms with Gasteiger partial charge in [0.25, 0.3) is 5.91 Å². The van der Waals surface area contributed by atoms with Crippen LogP contribution in [-0.4, -0.2) is 60.9 Å². The molecule has 3 rings (SSSR count). The molecular weight excluding hydrogens is 290 g/mol. The fourth-order valence-electron chi connectivity index (χ4n) is 3.16. The van der Waals surface area contributed by atoms with Crippen molar-refractivity contribution >= 4 is 11.8 Å². The third-order valence-corrected chi connectivity index (χ3v) is 5.09. The second kappa shape index (κ2) is 6.71. The van der Waals surface area contributed by atoms with Crippen LogP contribution in [0.3, 0.4) is 0 Å². The molecular formula is C18H25N3O2. The Morgan fingerprint density at radius 3 is 2.13 bits per heavy atom. The molecule has 0 aromatic heterocycles. The van der Waals surface area contributed by atoms with E-state index in [1.54, 1.807) is 0 Å². The summed E-state index contributed by atoms with van der Waals surface area (Å²) in [7, 11) is 0. The molecule has 1 N–H and O–H groups in total. The van der Waals surface area contributed by atoms with Crippen LogP contribution in [0.1, 0.15) is 22.8 Å². The minimum Gasteiger partial charge on any atom is -0.339 e. The van der Waals surface area contributed by atoms with Gasteiger partial charge in [0.1, 0.15) is 0 Å². The molecule has 0 saturated carbocycles. The first-order valence-corrected chi connectivity index (χ1v) is 8.41. The molecule has 1 unspecified atom stereocenters. The van der Waals surface area contributed by atoms with Crippen molar-refractivity contribution in [1.29, 1.82) is 0 Å². The van der Waals surface area contributed by atoms with Crippen LogP contribution in [0, 0.1) is 18.8 Å². The summed E-state index contributed by atoms with van der Waals surface area (Å²) in [5.41, 5.74) is 1.88. The third-order valence-electron chi connectivity index (χ3n) is 5.09. The van der Waals surface area contributed by atoms with Crippen molar-refractivity contribution in [3.63, 3.8) is 0 Å². The molecule has 2 heterocycles. The Bertz CT molecular complexity index is 572. The summed E-state index contributed by atoms with van der Waals surface area (Å²) in [6.45, 7) is 8.44. The number of amides is 2. The van der Waals surface area contributed by atoms with E-state index in [1.165, 1.54) is 0 Å². The summed E-state index contributed by atoms with van der Waals surface area (Å²) in [6.07, 6.45) is 0. The standard InChI is InChI=1S/C18H25N3O2/c1-13-3-5-15(6-4-13)18(23)21-9-7-20(8-10-21)17(22)14(2)16-11-19-12-16/h3-6,14,16,19H,7-12H2,1-2H3. The van der Waals surface area contributed by atoms with E-state index < -0.39 is 0 Å². The number of hydrogen-bond donors (Lipinski definition) is 1. The lowest BCUT2D eigenvalue weighted by Gasteiger charge is -2.39. The van der Waals surface area contributed by atoms with Gasteiger partial charge in [-0.2, -0.15) is 0 Å². The van der Waals surface area contributed by atoms with Gasteiger partial charge in [-0.25, -0.2) is 0 Å². The van der Waals surface area contributed by atoms with Crippen molar-refractivity contribution in [2.45, 2.75) is 13.8 Å². The molecule has 23 heavy (non-hydrogen) atoms. The van der Waals surface area contributed by atoms with Crippen molar-refractivity contribution < 1.29 is 9.59 Å². The molecule has 1 aromatic carbocycles. The molecule has 0 aliphatic carbocycles. The zero-order valence-corrected chi connectivity index (χ0v) is 13.9. The molecule has 0 spiro atoms. The minimum absolute atomic E-state index is 0.0633. The monoisotopic (exact) mass is 315 g/mol. The molecule has 2 aliphatic heterocycles. The van der Waals surface area contributed by atoms with Gasteiger partial charge in [0, 0.05) is 37.7 Å². The van der Waals surface area contributed by atoms with Gasteiger partial charge in [0.05, 0.1) is 0 Å². The first-order chi connectivity index (χ1) is 11.1. The number of nitrogens with one attached hydrogen (secondary N) is 1. The molecule has 1 atom stereocenters. The number of piperazine rings is 1. The van der Waals surface area contributed by atoms with E-state index >= 15 is 0 Å². The van der Waals surface area contributed by atoms with Gasteiger partial charge in [0.2, 0.25) is 5.91 Å². The number of nitrogens with zero attached hydrogens (tertiary/aromatic N) is 2. The maximum Gasteiger partial charge on any atom is 0.253 e. The number of rotatable bonds is 3. The molecule has 2 amide bonds. The van der Waals surface area contributed by atoms with Crippen molar-refractivity contribution in [3.05, 3.63) is 35.4 Å². The van der Waals surface area contributed by atoms with E-state index in [0.717, 1.165) is 24.2 Å². The Morgan fingerprint density at radius 1 is 1.04 bits per heavy atom. The first kappa shape index (κ1) is 16.0. The van der Waals surface area contributed by atoms with Crippen LogP contribution in [0.2, 0.25) is 0 Å². The van der Waals surface area contributed by atoms with Crippen LogP contribution >= 0.6 is 0 Å². The van der Waals surface area contributed by atoms with Crippen LogP contribution in [0.4, 0.5) is 0 Å². The van der Waals surface area contributed by atoms with E-state index in [9.17, 15) is 9.59 Å². The van der Waals surface area contributed by atoms with Crippen LogP contribution in [0.5, 0.6) is 0 Å². The zero-order valence-electron chi connectivity index (χ0n) is 13.9. The van der Waals surface area contributed by atoms with Gasteiger partial charge in [-0.3, -0.25) is 9.59 Å². The summed E-state index contributed by atoms with van der Waals surface area (Å²) < 4.78 is 0. The Kier molecular flexibility index (Phi) is 4.66. The fraction of sp³-hybridized carbons (Fsp3) is 0.556. The molecule has 0 radical (unpaired) electrons. The van der Waals surface area contributed by atoms with Gasteiger partial charge >= 0.3 is 0 Å². The Hall–Kier alpha value is -1.88. The molecule has 2 saturated heterocycles. The van der Waals surface area contributed by atoms with E-state index in [2.05, 4.69) is 5.32 Å². The topological polar surface area (TPSA) is 52.7 Å². The summed E-state index contributed by atoms with van der Waals surface area (Å²) in [4.78, 5) is 28.8. The first-order valence-electron chi connectivity index (χ1n) is 8.41. The van der Waals surface area contributed by atoms with Crippen molar-refractivity contribution in [2.24, 2.45) is 11.8 Å². The Labute approximate surface area is 137 Å². The second-order valence-corrected chi connectivity index (χ2v) is 6.69. The molecule has 2 aliphatic rings. The highest BCUT2D eigenvalue weighted by Gasteiger charge is 2.33. The van der Waals surface area contributed by atoms with Gasteiger partial charge < -0.3 is 15.1 Å². The lowest BCUT2D eigenvalue weighted by atomic mass is 9.88. The predicted octanol–water partition coefficient (Wildman–Crippen LogP) is 1.13. The van der Waals surface area contributed by atoms with Crippen LogP contribution in [0.15, 0.2) is 24.3 Å². The molecule has 124 valence electrons. The van der Waals surface area contributed by atoms with E-state index in [1.807, 2.05) is 47.9 Å². The zero-order chi connectivity index (χ0) is 16.4. The van der Waals surface area contributed by atoms with Crippen LogP contribution < -0.4 is 5.32 Å². The quantitative estimate of drug-likeness (QED) is 0.910. The number of carbonyl (C=O) groups excluding carboxylic acids is 2. The van der Waals surface area contributed by atoms with Gasteiger partial charge in [-0.1, -0.05) is 24.6 Å². The molecule has 2 fully saturated rings. The number of benzene rings is 1. The normalized spacial score (nSPS) is 20.1. The van der Waals surface area contributed by atoms with Crippen molar-refractivity contribution in [1.82, 2.24) is 15.1 Å². The lowest BCUT2D eigenvalue weighted by Crippen LogP contribution is -2.55. The van der Waals surface area contributed by atoms with E-state index in [0.29, 0.717) is 32.1 Å². The second-order valence-electron chi connectivity index (χ2n) is 6.69. The van der Waals surface area contributed by atoms with Gasteiger partial charge in [-0.15, -0.1) is 0 Å². The average molecular weight is 315 g/mol. The fourth-order valence-corrected chi connectivity index (χ4v) is 3.16. The maximum absolute atomic E-state index is 12.5. The smallest absolute Gasteiger partial charge is 0.253 e. The predicted molar refractivity (Wildman–Crippen MR) is 89.2 cm³/mol. The summed E-state index contributed by atoms with van der Waals surface area (Å²) >= 11 is 0. The van der Waals surface area contributed by atoms with E-state index in [4.69, 9.17) is 0 Å². The summed E-state index contributed by atoms with van der Waals surface area (Å²) in [6, 6.07) is 7.67. The molecule has 0 bridgehead atoms. The highest BCUT2D eigenvalue weighted by atomic mass is 16.2. The lowest BCUT2D eigenvalue weighted by molar-refractivity contribution is -0.138. The minimum atomic E-state index is 0.0633. The van der Waals surface area contributed by atoms with Gasteiger partial charge in [-0.05, 0) is 38.1 Å². The van der Waals surface area contributed by atoms with E-state index in [-0.39, 0.29) is 17.7 Å². The summed E-state index contributed by atoms with van der Waals surface area (Å²) in [5.74, 6) is 0.845.